The predicted octanol–water partition coefficient (Wildman–Crippen LogP) is 4.34. The van der Waals surface area contributed by atoms with Crippen LogP contribution in [0.15, 0.2) is 46.9 Å². The van der Waals surface area contributed by atoms with E-state index in [2.05, 4.69) is 15.9 Å². The first-order valence-electron chi connectivity index (χ1n) is 6.10. The SMILES string of the molecule is Cc1ccc(C(=O)N(C)c2ccccc2C)c(Br)c1. The van der Waals surface area contributed by atoms with E-state index >= 15 is 0 Å². The van der Waals surface area contributed by atoms with E-state index < -0.39 is 0 Å². The Labute approximate surface area is 122 Å². The minimum atomic E-state index is -0.0128. The van der Waals surface area contributed by atoms with Gasteiger partial charge in [-0.3, -0.25) is 4.79 Å². The van der Waals surface area contributed by atoms with E-state index in [-0.39, 0.29) is 5.91 Å². The van der Waals surface area contributed by atoms with Gasteiger partial charge in [-0.05, 0) is 59.1 Å². The Bertz CT molecular complexity index is 622. The first kappa shape index (κ1) is 13.8. The maximum Gasteiger partial charge on any atom is 0.259 e. The summed E-state index contributed by atoms with van der Waals surface area (Å²) < 4.78 is 0.831. The first-order chi connectivity index (χ1) is 9.00. The second-order valence-electron chi connectivity index (χ2n) is 4.63. The second-order valence-corrected chi connectivity index (χ2v) is 5.49. The molecule has 0 heterocycles. The number of amides is 1. The molecule has 2 aromatic carbocycles. The van der Waals surface area contributed by atoms with Gasteiger partial charge in [0.05, 0.1) is 5.56 Å². The number of hydrogen-bond acceptors (Lipinski definition) is 1. The van der Waals surface area contributed by atoms with Crippen molar-refractivity contribution in [3.8, 4) is 0 Å². The third kappa shape index (κ3) is 2.87. The Morgan fingerprint density at radius 1 is 1.11 bits per heavy atom. The molecule has 2 nitrogen and oxygen atoms in total. The number of nitrogens with zero attached hydrogens (tertiary/aromatic N) is 1. The zero-order valence-corrected chi connectivity index (χ0v) is 12.9. The van der Waals surface area contributed by atoms with Crippen molar-refractivity contribution >= 4 is 27.5 Å². The molecular formula is C16H16BrNO. The van der Waals surface area contributed by atoms with Crippen LogP contribution in [-0.4, -0.2) is 13.0 Å². The highest BCUT2D eigenvalue weighted by molar-refractivity contribution is 9.10. The molecule has 19 heavy (non-hydrogen) atoms. The van der Waals surface area contributed by atoms with Gasteiger partial charge in [0.15, 0.2) is 0 Å². The molecule has 0 atom stereocenters. The Morgan fingerprint density at radius 2 is 1.79 bits per heavy atom. The lowest BCUT2D eigenvalue weighted by molar-refractivity contribution is 0.0992. The fourth-order valence-electron chi connectivity index (χ4n) is 2.02. The molecule has 0 N–H and O–H groups in total. The number of halogens is 1. The molecule has 0 aliphatic heterocycles. The van der Waals surface area contributed by atoms with Crippen LogP contribution >= 0.6 is 15.9 Å². The lowest BCUT2D eigenvalue weighted by atomic mass is 10.1. The van der Waals surface area contributed by atoms with Crippen LogP contribution in [-0.2, 0) is 0 Å². The molecule has 3 heteroatoms. The van der Waals surface area contributed by atoms with Crippen LogP contribution in [0.5, 0.6) is 0 Å². The number of para-hydroxylation sites is 1. The highest BCUT2D eigenvalue weighted by atomic mass is 79.9. The van der Waals surface area contributed by atoms with Crippen molar-refractivity contribution in [3.63, 3.8) is 0 Å². The van der Waals surface area contributed by atoms with E-state index in [4.69, 9.17) is 0 Å². The Kier molecular flexibility index (Phi) is 4.05. The molecule has 0 aliphatic rings. The lowest BCUT2D eigenvalue weighted by Gasteiger charge is -2.20. The molecule has 1 amide bonds. The number of aryl methyl sites for hydroxylation is 2. The van der Waals surface area contributed by atoms with Crippen molar-refractivity contribution in [3.05, 3.63) is 63.6 Å². The molecule has 0 saturated heterocycles. The molecule has 0 radical (unpaired) electrons. The van der Waals surface area contributed by atoms with Crippen LogP contribution in [0.25, 0.3) is 0 Å². The van der Waals surface area contributed by atoms with Gasteiger partial charge in [-0.2, -0.15) is 0 Å². The van der Waals surface area contributed by atoms with Crippen LogP contribution < -0.4 is 4.90 Å². The minimum absolute atomic E-state index is 0.0128. The van der Waals surface area contributed by atoms with E-state index in [9.17, 15) is 4.79 Å². The van der Waals surface area contributed by atoms with Gasteiger partial charge in [-0.15, -0.1) is 0 Å². The Morgan fingerprint density at radius 3 is 2.42 bits per heavy atom. The molecule has 2 rings (SSSR count). The summed E-state index contributed by atoms with van der Waals surface area (Å²) in [7, 11) is 1.80. The topological polar surface area (TPSA) is 20.3 Å². The average molecular weight is 318 g/mol. The summed E-state index contributed by atoms with van der Waals surface area (Å²) in [5, 5.41) is 0. The van der Waals surface area contributed by atoms with Crippen molar-refractivity contribution in [2.24, 2.45) is 0 Å². The van der Waals surface area contributed by atoms with Crippen LogP contribution in [0.4, 0.5) is 5.69 Å². The van der Waals surface area contributed by atoms with Crippen LogP contribution in [0.2, 0.25) is 0 Å². The van der Waals surface area contributed by atoms with E-state index in [0.29, 0.717) is 5.56 Å². The normalized spacial score (nSPS) is 10.3. The molecule has 0 aromatic heterocycles. The predicted molar refractivity (Wildman–Crippen MR) is 82.8 cm³/mol. The zero-order chi connectivity index (χ0) is 14.0. The average Bonchev–Trinajstić information content (AvgIpc) is 2.38. The van der Waals surface area contributed by atoms with Crippen molar-refractivity contribution in [2.75, 3.05) is 11.9 Å². The summed E-state index contributed by atoms with van der Waals surface area (Å²) in [6.45, 7) is 4.01. The largest absolute Gasteiger partial charge is 0.311 e. The quantitative estimate of drug-likeness (QED) is 0.806. The van der Waals surface area contributed by atoms with E-state index in [1.54, 1.807) is 11.9 Å². The van der Waals surface area contributed by atoms with Gasteiger partial charge >= 0.3 is 0 Å². The monoisotopic (exact) mass is 317 g/mol. The third-order valence-electron chi connectivity index (χ3n) is 3.14. The van der Waals surface area contributed by atoms with Crippen molar-refractivity contribution < 1.29 is 4.79 Å². The summed E-state index contributed by atoms with van der Waals surface area (Å²) in [6.07, 6.45) is 0. The van der Waals surface area contributed by atoms with Gasteiger partial charge in [0.2, 0.25) is 0 Å². The molecule has 98 valence electrons. The van der Waals surface area contributed by atoms with Crippen LogP contribution in [0, 0.1) is 13.8 Å². The number of carbonyl (C=O) groups excluding carboxylic acids is 1. The lowest BCUT2D eigenvalue weighted by Crippen LogP contribution is -2.27. The number of hydrogen-bond donors (Lipinski definition) is 0. The molecule has 0 aliphatic carbocycles. The fourth-order valence-corrected chi connectivity index (χ4v) is 2.69. The van der Waals surface area contributed by atoms with Gasteiger partial charge in [-0.1, -0.05) is 24.3 Å². The Balaban J connectivity index is 2.37. The molecule has 0 bridgehead atoms. The van der Waals surface area contributed by atoms with E-state index in [0.717, 1.165) is 21.3 Å². The van der Waals surface area contributed by atoms with Gasteiger partial charge in [0, 0.05) is 17.2 Å². The van der Waals surface area contributed by atoms with Gasteiger partial charge in [-0.25, -0.2) is 0 Å². The van der Waals surface area contributed by atoms with Gasteiger partial charge in [0.25, 0.3) is 5.91 Å². The molecule has 2 aromatic rings. The van der Waals surface area contributed by atoms with Gasteiger partial charge in [0.1, 0.15) is 0 Å². The molecular weight excluding hydrogens is 302 g/mol. The van der Waals surface area contributed by atoms with Crippen molar-refractivity contribution in [1.82, 2.24) is 0 Å². The summed E-state index contributed by atoms with van der Waals surface area (Å²) in [5.41, 5.74) is 3.82. The highest BCUT2D eigenvalue weighted by Gasteiger charge is 2.17. The van der Waals surface area contributed by atoms with Crippen LogP contribution in [0.3, 0.4) is 0 Å². The zero-order valence-electron chi connectivity index (χ0n) is 11.3. The number of benzene rings is 2. The van der Waals surface area contributed by atoms with Crippen molar-refractivity contribution in [1.29, 1.82) is 0 Å². The fraction of sp³-hybridized carbons (Fsp3) is 0.188. The summed E-state index contributed by atoms with van der Waals surface area (Å²) in [5.74, 6) is -0.0128. The third-order valence-corrected chi connectivity index (χ3v) is 3.79. The van der Waals surface area contributed by atoms with Crippen molar-refractivity contribution in [2.45, 2.75) is 13.8 Å². The highest BCUT2D eigenvalue weighted by Crippen LogP contribution is 2.24. The molecule has 0 unspecified atom stereocenters. The maximum absolute atomic E-state index is 12.5. The summed E-state index contributed by atoms with van der Waals surface area (Å²) in [6, 6.07) is 13.6. The molecule has 0 saturated carbocycles. The second kappa shape index (κ2) is 5.57. The smallest absolute Gasteiger partial charge is 0.259 e. The standard InChI is InChI=1S/C16H16BrNO/c1-11-8-9-13(14(17)10-11)16(19)18(3)15-7-5-4-6-12(15)2/h4-10H,1-3H3. The molecule has 0 fully saturated rings. The number of anilines is 1. The van der Waals surface area contributed by atoms with Crippen LogP contribution in [0.1, 0.15) is 21.5 Å². The van der Waals surface area contributed by atoms with E-state index in [1.807, 2.05) is 56.3 Å². The maximum atomic E-state index is 12.5. The first-order valence-corrected chi connectivity index (χ1v) is 6.90. The molecule has 0 spiro atoms. The number of rotatable bonds is 2. The number of carbonyl (C=O) groups is 1. The Hall–Kier alpha value is -1.61. The summed E-state index contributed by atoms with van der Waals surface area (Å²) in [4.78, 5) is 14.2. The minimum Gasteiger partial charge on any atom is -0.311 e. The van der Waals surface area contributed by atoms with E-state index in [1.165, 1.54) is 0 Å². The summed E-state index contributed by atoms with van der Waals surface area (Å²) >= 11 is 3.46. The van der Waals surface area contributed by atoms with Gasteiger partial charge < -0.3 is 4.90 Å².